The molecular weight excluding hydrogens is 383 g/mol. The fourth-order valence-corrected chi connectivity index (χ4v) is 4.60. The molecule has 28 heavy (non-hydrogen) atoms. The van der Waals surface area contributed by atoms with E-state index in [9.17, 15) is 17.6 Å². The zero-order valence-corrected chi connectivity index (χ0v) is 17.0. The summed E-state index contributed by atoms with van der Waals surface area (Å²) in [6, 6.07) is 4.59. The fourth-order valence-electron chi connectivity index (χ4n) is 3.16. The molecule has 1 aromatic heterocycles. The predicted molar refractivity (Wildman–Crippen MR) is 104 cm³/mol. The Balaban J connectivity index is 1.71. The minimum absolute atomic E-state index is 0.0112. The van der Waals surface area contributed by atoms with Crippen LogP contribution in [0.15, 0.2) is 35.7 Å². The van der Waals surface area contributed by atoms with Crippen LogP contribution in [0.4, 0.5) is 10.1 Å². The highest BCUT2D eigenvalue weighted by Gasteiger charge is 2.34. The van der Waals surface area contributed by atoms with Gasteiger partial charge in [-0.15, -0.1) is 0 Å². The van der Waals surface area contributed by atoms with Crippen molar-refractivity contribution in [1.82, 2.24) is 13.9 Å². The monoisotopic (exact) mass is 408 g/mol. The van der Waals surface area contributed by atoms with Crippen molar-refractivity contribution in [2.75, 3.05) is 18.4 Å². The molecule has 9 heteroatoms. The molecule has 2 aromatic rings. The van der Waals surface area contributed by atoms with Crippen LogP contribution in [0.5, 0.6) is 0 Å². The van der Waals surface area contributed by atoms with Gasteiger partial charge in [0.2, 0.25) is 5.91 Å². The minimum Gasteiger partial charge on any atom is -0.334 e. The van der Waals surface area contributed by atoms with Crippen molar-refractivity contribution < 1.29 is 17.6 Å². The first-order valence-corrected chi connectivity index (χ1v) is 10.7. The van der Waals surface area contributed by atoms with E-state index in [1.165, 1.54) is 22.9 Å². The van der Waals surface area contributed by atoms with Crippen molar-refractivity contribution >= 4 is 21.6 Å². The van der Waals surface area contributed by atoms with Crippen molar-refractivity contribution in [2.24, 2.45) is 5.92 Å². The van der Waals surface area contributed by atoms with Gasteiger partial charge in [0.05, 0.1) is 12.2 Å². The number of carbonyl (C=O) groups is 1. The maximum Gasteiger partial charge on any atom is 0.262 e. The topological polar surface area (TPSA) is 84.3 Å². The molecule has 1 saturated heterocycles. The number of aryl methyl sites for hydroxylation is 1. The standard InChI is InChI=1S/C19H25FN4O3S/c1-13(2)23-11-18(21-12-23)28(26,27)24-8-4-5-15(10-24)19(25)22-16-7-6-14(3)17(20)9-16/h6-7,9,11-13,15H,4-5,8,10H2,1-3H3,(H,22,25)/t15-/m0/s1. The van der Waals surface area contributed by atoms with Gasteiger partial charge in [0.15, 0.2) is 5.03 Å². The lowest BCUT2D eigenvalue weighted by Gasteiger charge is -2.30. The van der Waals surface area contributed by atoms with Crippen LogP contribution < -0.4 is 5.32 Å². The summed E-state index contributed by atoms with van der Waals surface area (Å²) in [4.78, 5) is 16.6. The lowest BCUT2D eigenvalue weighted by molar-refractivity contribution is -0.120. The minimum atomic E-state index is -3.76. The van der Waals surface area contributed by atoms with Crippen molar-refractivity contribution in [3.05, 3.63) is 42.1 Å². The number of sulfonamides is 1. The first-order valence-electron chi connectivity index (χ1n) is 9.29. The van der Waals surface area contributed by atoms with Gasteiger partial charge in [-0.2, -0.15) is 4.31 Å². The average Bonchev–Trinajstić information content (AvgIpc) is 3.16. The number of amides is 1. The molecular formula is C19H25FN4O3S. The highest BCUT2D eigenvalue weighted by molar-refractivity contribution is 7.89. The van der Waals surface area contributed by atoms with Crippen LogP contribution in [0.2, 0.25) is 0 Å². The molecule has 0 unspecified atom stereocenters. The van der Waals surface area contributed by atoms with E-state index in [2.05, 4.69) is 10.3 Å². The summed E-state index contributed by atoms with van der Waals surface area (Å²) >= 11 is 0. The van der Waals surface area contributed by atoms with Crippen molar-refractivity contribution in [2.45, 2.75) is 44.7 Å². The summed E-state index contributed by atoms with van der Waals surface area (Å²) in [5.41, 5.74) is 0.859. The smallest absolute Gasteiger partial charge is 0.262 e. The van der Waals surface area contributed by atoms with Crippen LogP contribution in [0.1, 0.15) is 38.3 Å². The zero-order chi connectivity index (χ0) is 20.5. The Hall–Kier alpha value is -2.26. The Bertz CT molecular complexity index is 971. The number of nitrogens with one attached hydrogen (secondary N) is 1. The second kappa shape index (κ2) is 8.00. The van der Waals surface area contributed by atoms with Crippen LogP contribution >= 0.6 is 0 Å². The van der Waals surface area contributed by atoms with Gasteiger partial charge in [-0.3, -0.25) is 4.79 Å². The van der Waals surface area contributed by atoms with Gasteiger partial charge in [0.1, 0.15) is 5.82 Å². The molecule has 1 fully saturated rings. The van der Waals surface area contributed by atoms with Gasteiger partial charge in [0.25, 0.3) is 10.0 Å². The largest absolute Gasteiger partial charge is 0.334 e. The normalized spacial score (nSPS) is 18.4. The number of rotatable bonds is 5. The molecule has 0 aliphatic carbocycles. The molecule has 152 valence electrons. The number of benzene rings is 1. The molecule has 0 saturated carbocycles. The maximum absolute atomic E-state index is 13.7. The quantitative estimate of drug-likeness (QED) is 0.824. The molecule has 1 aliphatic rings. The summed E-state index contributed by atoms with van der Waals surface area (Å²) < 4.78 is 42.5. The Morgan fingerprint density at radius 1 is 1.36 bits per heavy atom. The fraction of sp³-hybridized carbons (Fsp3) is 0.474. The third kappa shape index (κ3) is 4.25. The van der Waals surface area contributed by atoms with Gasteiger partial charge >= 0.3 is 0 Å². The van der Waals surface area contributed by atoms with E-state index in [0.717, 1.165) is 0 Å². The lowest BCUT2D eigenvalue weighted by atomic mass is 9.98. The van der Waals surface area contributed by atoms with Gasteiger partial charge in [0, 0.05) is 31.0 Å². The van der Waals surface area contributed by atoms with E-state index in [1.54, 1.807) is 23.6 Å². The second-order valence-electron chi connectivity index (χ2n) is 7.41. The third-order valence-electron chi connectivity index (χ3n) is 4.97. The van der Waals surface area contributed by atoms with Crippen LogP contribution in [0, 0.1) is 18.7 Å². The van der Waals surface area contributed by atoms with E-state index in [-0.39, 0.29) is 23.5 Å². The van der Waals surface area contributed by atoms with Crippen molar-refractivity contribution in [1.29, 1.82) is 0 Å². The highest BCUT2D eigenvalue weighted by atomic mass is 32.2. The number of nitrogens with zero attached hydrogens (tertiary/aromatic N) is 3. The molecule has 1 N–H and O–H groups in total. The molecule has 3 rings (SSSR count). The van der Waals surface area contributed by atoms with E-state index in [4.69, 9.17) is 0 Å². The Labute approximate surface area is 164 Å². The summed E-state index contributed by atoms with van der Waals surface area (Å²) in [6.07, 6.45) is 4.16. The Kier molecular flexibility index (Phi) is 5.85. The number of aromatic nitrogens is 2. The van der Waals surface area contributed by atoms with Crippen molar-refractivity contribution in [3.63, 3.8) is 0 Å². The lowest BCUT2D eigenvalue weighted by Crippen LogP contribution is -2.43. The van der Waals surface area contributed by atoms with Gasteiger partial charge in [-0.25, -0.2) is 17.8 Å². The van der Waals surface area contributed by atoms with Crippen LogP contribution in [-0.2, 0) is 14.8 Å². The SMILES string of the molecule is Cc1ccc(NC(=O)[C@H]2CCCN(S(=O)(=O)c3cn(C(C)C)cn3)C2)cc1F. The molecule has 0 bridgehead atoms. The molecule has 0 spiro atoms. The molecule has 1 aliphatic heterocycles. The summed E-state index contributed by atoms with van der Waals surface area (Å²) in [6.45, 7) is 5.95. The first-order chi connectivity index (χ1) is 13.2. The number of hydrogen-bond acceptors (Lipinski definition) is 4. The molecule has 2 heterocycles. The summed E-state index contributed by atoms with van der Waals surface area (Å²) in [5.74, 6) is -1.21. The molecule has 1 aromatic carbocycles. The Morgan fingerprint density at radius 3 is 2.75 bits per heavy atom. The third-order valence-corrected chi connectivity index (χ3v) is 6.72. The Morgan fingerprint density at radius 2 is 2.11 bits per heavy atom. The van der Waals surface area contributed by atoms with Crippen LogP contribution in [0.3, 0.4) is 0 Å². The average molecular weight is 408 g/mol. The number of halogens is 1. The highest BCUT2D eigenvalue weighted by Crippen LogP contribution is 2.25. The molecule has 1 atom stereocenters. The second-order valence-corrected chi connectivity index (χ2v) is 9.29. The van der Waals surface area contributed by atoms with Gasteiger partial charge in [-0.1, -0.05) is 6.07 Å². The van der Waals surface area contributed by atoms with E-state index in [1.807, 2.05) is 13.8 Å². The van der Waals surface area contributed by atoms with Gasteiger partial charge < -0.3 is 9.88 Å². The van der Waals surface area contributed by atoms with Gasteiger partial charge in [-0.05, 0) is 51.3 Å². The molecule has 0 radical (unpaired) electrons. The predicted octanol–water partition coefficient (Wildman–Crippen LogP) is 2.95. The van der Waals surface area contributed by atoms with E-state index >= 15 is 0 Å². The molecule has 1 amide bonds. The van der Waals surface area contributed by atoms with E-state index in [0.29, 0.717) is 30.6 Å². The summed E-state index contributed by atoms with van der Waals surface area (Å²) in [5, 5.41) is 2.68. The number of hydrogen-bond donors (Lipinski definition) is 1. The summed E-state index contributed by atoms with van der Waals surface area (Å²) in [7, 11) is -3.76. The number of carbonyl (C=O) groups excluding carboxylic acids is 1. The first kappa shape index (κ1) is 20.5. The van der Waals surface area contributed by atoms with E-state index < -0.39 is 21.8 Å². The van der Waals surface area contributed by atoms with Crippen molar-refractivity contribution in [3.8, 4) is 0 Å². The van der Waals surface area contributed by atoms with Crippen LogP contribution in [0.25, 0.3) is 0 Å². The maximum atomic E-state index is 13.7. The van der Waals surface area contributed by atoms with Crippen LogP contribution in [-0.4, -0.2) is 41.3 Å². The molecule has 7 nitrogen and oxygen atoms in total. The number of anilines is 1. The number of piperidine rings is 1. The number of imidazole rings is 1. The zero-order valence-electron chi connectivity index (χ0n) is 16.2.